The van der Waals surface area contributed by atoms with E-state index >= 15 is 0 Å². The van der Waals surface area contributed by atoms with Crippen LogP contribution in [0.15, 0.2) is 61.1 Å². The van der Waals surface area contributed by atoms with E-state index in [4.69, 9.17) is 9.47 Å². The molecular weight excluding hydrogens is 501 g/mol. The number of nitrogens with one attached hydrogen (secondary N) is 1. The minimum absolute atomic E-state index is 0.150. The number of likely N-dealkylation sites (N-methyl/N-ethyl adjacent to an activating group) is 1. The summed E-state index contributed by atoms with van der Waals surface area (Å²) in [7, 11) is 1.61. The van der Waals surface area contributed by atoms with Crippen molar-refractivity contribution in [1.82, 2.24) is 19.9 Å². The molecule has 0 aliphatic rings. The molecule has 0 aliphatic carbocycles. The number of hydrogen-bond donors (Lipinski definition) is 1. The molecule has 0 radical (unpaired) electrons. The van der Waals surface area contributed by atoms with Gasteiger partial charge in [-0.2, -0.15) is 0 Å². The molecule has 0 unspecified atom stereocenters. The molecule has 3 heterocycles. The van der Waals surface area contributed by atoms with Gasteiger partial charge >= 0.3 is 12.5 Å². The Kier molecular flexibility index (Phi) is 7.47. The molecule has 1 N–H and O–H groups in total. The Morgan fingerprint density at radius 1 is 1.08 bits per heavy atom. The topological polar surface area (TPSA) is 89.6 Å². The number of rotatable bonds is 7. The highest BCUT2D eigenvalue weighted by atomic mass is 19.4. The number of aromatic amines is 1. The van der Waals surface area contributed by atoms with Gasteiger partial charge in [0.15, 0.2) is 0 Å². The van der Waals surface area contributed by atoms with Crippen LogP contribution in [-0.4, -0.2) is 58.1 Å². The molecule has 0 fully saturated rings. The van der Waals surface area contributed by atoms with Gasteiger partial charge in [-0.15, -0.1) is 13.2 Å². The molecule has 8 nitrogen and oxygen atoms in total. The van der Waals surface area contributed by atoms with Crippen molar-refractivity contribution in [3.05, 3.63) is 61.1 Å². The number of aromatic nitrogens is 3. The number of H-pyrrole nitrogens is 1. The number of amides is 1. The molecule has 1 amide bonds. The van der Waals surface area contributed by atoms with Gasteiger partial charge in [0.05, 0.1) is 29.5 Å². The van der Waals surface area contributed by atoms with Crippen molar-refractivity contribution in [3.63, 3.8) is 0 Å². The van der Waals surface area contributed by atoms with Crippen LogP contribution in [0.25, 0.3) is 33.4 Å². The molecule has 0 saturated carbocycles. The van der Waals surface area contributed by atoms with Gasteiger partial charge in [-0.05, 0) is 56.7 Å². The zero-order valence-electron chi connectivity index (χ0n) is 21.3. The maximum absolute atomic E-state index is 12.9. The molecule has 0 bridgehead atoms. The summed E-state index contributed by atoms with van der Waals surface area (Å²) in [6.45, 7) is 5.76. The minimum atomic E-state index is -4.82. The summed E-state index contributed by atoms with van der Waals surface area (Å²) >= 11 is 0. The van der Waals surface area contributed by atoms with Gasteiger partial charge in [0.2, 0.25) is 0 Å². The normalized spacial score (nSPS) is 11.9. The molecule has 4 rings (SSSR count). The SMILES string of the molecule is CN(CCOc1cnccc1-c1[nH]c2cccnc2c1-c1cccc(OC(F)(F)F)c1)C(=O)OC(C)(C)C. The Morgan fingerprint density at radius 3 is 2.61 bits per heavy atom. The van der Waals surface area contributed by atoms with E-state index in [0.29, 0.717) is 39.2 Å². The minimum Gasteiger partial charge on any atom is -0.489 e. The van der Waals surface area contributed by atoms with Crippen LogP contribution in [0.5, 0.6) is 11.5 Å². The predicted octanol–water partition coefficient (Wildman–Crippen LogP) is 6.44. The zero-order chi connectivity index (χ0) is 27.5. The van der Waals surface area contributed by atoms with Crippen LogP contribution < -0.4 is 9.47 Å². The van der Waals surface area contributed by atoms with Gasteiger partial charge in [0.1, 0.15) is 23.7 Å². The van der Waals surface area contributed by atoms with Crippen molar-refractivity contribution >= 4 is 17.1 Å². The number of nitrogens with zero attached hydrogens (tertiary/aromatic N) is 3. The Labute approximate surface area is 217 Å². The number of ether oxygens (including phenoxy) is 3. The summed E-state index contributed by atoms with van der Waals surface area (Å²) in [5.41, 5.74) is 2.89. The molecule has 0 spiro atoms. The van der Waals surface area contributed by atoms with Gasteiger partial charge < -0.3 is 24.1 Å². The Balaban J connectivity index is 1.67. The molecule has 1 aromatic carbocycles. The van der Waals surface area contributed by atoms with Crippen LogP contribution in [0, 0.1) is 0 Å². The molecule has 200 valence electrons. The van der Waals surface area contributed by atoms with Gasteiger partial charge in [-0.25, -0.2) is 4.79 Å². The molecular formula is C27H27F3N4O4. The molecule has 38 heavy (non-hydrogen) atoms. The smallest absolute Gasteiger partial charge is 0.489 e. The summed E-state index contributed by atoms with van der Waals surface area (Å²) < 4.78 is 54.1. The van der Waals surface area contributed by atoms with Gasteiger partial charge in [0, 0.05) is 30.6 Å². The number of pyridine rings is 2. The highest BCUT2D eigenvalue weighted by Gasteiger charge is 2.31. The summed E-state index contributed by atoms with van der Waals surface area (Å²) in [5.74, 6) is 0.0724. The second kappa shape index (κ2) is 10.6. The zero-order valence-corrected chi connectivity index (χ0v) is 21.3. The quantitative estimate of drug-likeness (QED) is 0.297. The van der Waals surface area contributed by atoms with Crippen LogP contribution in [0.1, 0.15) is 20.8 Å². The van der Waals surface area contributed by atoms with Crippen LogP contribution in [-0.2, 0) is 4.74 Å². The average Bonchev–Trinajstić information content (AvgIpc) is 3.22. The number of fused-ring (bicyclic) bond motifs is 1. The first-order valence-corrected chi connectivity index (χ1v) is 11.8. The van der Waals surface area contributed by atoms with Crippen molar-refractivity contribution < 1.29 is 32.2 Å². The lowest BCUT2D eigenvalue weighted by molar-refractivity contribution is -0.274. The summed E-state index contributed by atoms with van der Waals surface area (Å²) in [4.78, 5) is 25.6. The van der Waals surface area contributed by atoms with Crippen molar-refractivity contribution in [2.24, 2.45) is 0 Å². The third-order valence-electron chi connectivity index (χ3n) is 5.35. The first kappa shape index (κ1) is 26.8. The van der Waals surface area contributed by atoms with Crippen molar-refractivity contribution in [3.8, 4) is 33.9 Å². The van der Waals surface area contributed by atoms with Crippen molar-refractivity contribution in [2.45, 2.75) is 32.7 Å². The number of benzene rings is 1. The Bertz CT molecular complexity index is 1430. The number of alkyl halides is 3. The lowest BCUT2D eigenvalue weighted by Crippen LogP contribution is -2.36. The third-order valence-corrected chi connectivity index (χ3v) is 5.35. The fourth-order valence-electron chi connectivity index (χ4n) is 3.78. The number of carbonyl (C=O) groups is 1. The first-order chi connectivity index (χ1) is 17.9. The number of hydrogen-bond acceptors (Lipinski definition) is 6. The maximum atomic E-state index is 12.9. The molecule has 0 atom stereocenters. The fraction of sp³-hybridized carbons (Fsp3) is 0.296. The number of halogens is 3. The van der Waals surface area contributed by atoms with Gasteiger partial charge in [0.25, 0.3) is 0 Å². The van der Waals surface area contributed by atoms with E-state index in [9.17, 15) is 18.0 Å². The third kappa shape index (κ3) is 6.53. The Hall–Kier alpha value is -4.28. The monoisotopic (exact) mass is 528 g/mol. The van der Waals surface area contributed by atoms with E-state index in [2.05, 4.69) is 19.7 Å². The maximum Gasteiger partial charge on any atom is 0.573 e. The molecule has 0 saturated heterocycles. The standard InChI is InChI=1S/C27H27F3N4O4/c1-26(2,3)38-25(35)34(4)13-14-36-21-16-31-12-10-19(21)23-22(24-20(33-23)9-6-11-32-24)17-7-5-8-18(15-17)37-27(28,29)30/h5-12,15-16,33H,13-14H2,1-4H3. The van der Waals surface area contributed by atoms with Crippen molar-refractivity contribution in [2.75, 3.05) is 20.2 Å². The van der Waals surface area contributed by atoms with Crippen LogP contribution in [0.2, 0.25) is 0 Å². The molecule has 0 aliphatic heterocycles. The van der Waals surface area contributed by atoms with Crippen LogP contribution in [0.3, 0.4) is 0 Å². The molecule has 3 aromatic heterocycles. The van der Waals surface area contributed by atoms with E-state index in [0.717, 1.165) is 0 Å². The van der Waals surface area contributed by atoms with E-state index in [1.807, 2.05) is 6.07 Å². The van der Waals surface area contributed by atoms with E-state index in [1.54, 1.807) is 58.4 Å². The molecule has 4 aromatic rings. The average molecular weight is 529 g/mol. The van der Waals surface area contributed by atoms with Crippen molar-refractivity contribution in [1.29, 1.82) is 0 Å². The summed E-state index contributed by atoms with van der Waals surface area (Å²) in [6, 6.07) is 11.0. The largest absolute Gasteiger partial charge is 0.573 e. The van der Waals surface area contributed by atoms with E-state index in [1.165, 1.54) is 29.3 Å². The highest BCUT2D eigenvalue weighted by molar-refractivity contribution is 6.02. The lowest BCUT2D eigenvalue weighted by Gasteiger charge is -2.24. The fourth-order valence-corrected chi connectivity index (χ4v) is 3.78. The summed E-state index contributed by atoms with van der Waals surface area (Å²) in [6.07, 6.45) is -0.568. The Morgan fingerprint density at radius 2 is 1.87 bits per heavy atom. The second-order valence-electron chi connectivity index (χ2n) is 9.47. The number of carbonyl (C=O) groups excluding carboxylic acids is 1. The highest BCUT2D eigenvalue weighted by Crippen LogP contribution is 2.41. The van der Waals surface area contributed by atoms with Crippen LogP contribution in [0.4, 0.5) is 18.0 Å². The lowest BCUT2D eigenvalue weighted by atomic mass is 10.0. The van der Waals surface area contributed by atoms with Gasteiger partial charge in [-0.3, -0.25) is 9.97 Å². The molecule has 11 heteroatoms. The van der Waals surface area contributed by atoms with Crippen LogP contribution >= 0.6 is 0 Å². The van der Waals surface area contributed by atoms with E-state index in [-0.39, 0.29) is 18.9 Å². The van der Waals surface area contributed by atoms with E-state index < -0.39 is 18.1 Å². The summed E-state index contributed by atoms with van der Waals surface area (Å²) in [5, 5.41) is 0. The predicted molar refractivity (Wildman–Crippen MR) is 136 cm³/mol. The second-order valence-corrected chi connectivity index (χ2v) is 9.47. The first-order valence-electron chi connectivity index (χ1n) is 11.8. The van der Waals surface area contributed by atoms with Gasteiger partial charge in [-0.1, -0.05) is 12.1 Å².